The van der Waals surface area contributed by atoms with E-state index in [4.69, 9.17) is 15.9 Å². The van der Waals surface area contributed by atoms with Crippen LogP contribution in [0.1, 0.15) is 18.4 Å². The number of terminal acetylenes is 1. The predicted molar refractivity (Wildman–Crippen MR) is 110 cm³/mol. The first-order valence-corrected chi connectivity index (χ1v) is 9.31. The molecule has 0 aliphatic carbocycles. The Bertz CT molecular complexity index is 1020. The van der Waals surface area contributed by atoms with Crippen molar-refractivity contribution in [1.82, 2.24) is 15.3 Å². The van der Waals surface area contributed by atoms with Crippen LogP contribution >= 0.6 is 0 Å². The van der Waals surface area contributed by atoms with Crippen LogP contribution in [0.25, 0.3) is 10.9 Å². The van der Waals surface area contributed by atoms with Gasteiger partial charge in [0.2, 0.25) is 5.95 Å². The average molecular weight is 374 g/mol. The number of methoxy groups -OCH3 is 1. The molecule has 2 N–H and O–H groups in total. The van der Waals surface area contributed by atoms with Crippen molar-refractivity contribution in [3.63, 3.8) is 0 Å². The second kappa shape index (κ2) is 8.15. The minimum atomic E-state index is 0.192. The van der Waals surface area contributed by atoms with Crippen LogP contribution in [0.4, 0.5) is 11.6 Å². The molecule has 1 aliphatic rings. The Morgan fingerprint density at radius 2 is 2.04 bits per heavy atom. The normalized spacial score (nSPS) is 14.4. The Labute approximate surface area is 164 Å². The molecular formula is C22H22N4O2. The molecule has 6 heteroatoms. The Morgan fingerprint density at radius 1 is 1.18 bits per heavy atom. The largest absolute Gasteiger partial charge is 0.493 e. The Hall–Kier alpha value is -3.30. The van der Waals surface area contributed by atoms with Crippen LogP contribution in [0.5, 0.6) is 11.5 Å². The molecule has 6 nitrogen and oxygen atoms in total. The van der Waals surface area contributed by atoms with Gasteiger partial charge < -0.3 is 20.1 Å². The summed E-state index contributed by atoms with van der Waals surface area (Å²) in [5.41, 5.74) is 2.42. The van der Waals surface area contributed by atoms with E-state index in [1.165, 1.54) is 0 Å². The van der Waals surface area contributed by atoms with Gasteiger partial charge in [0.15, 0.2) is 11.5 Å². The van der Waals surface area contributed by atoms with Gasteiger partial charge in [0.25, 0.3) is 0 Å². The maximum absolute atomic E-state index is 6.18. The number of hydrogen-bond donors (Lipinski definition) is 2. The second-order valence-electron chi connectivity index (χ2n) is 6.67. The summed E-state index contributed by atoms with van der Waals surface area (Å²) in [6.07, 6.45) is 9.40. The summed E-state index contributed by atoms with van der Waals surface area (Å²) in [5, 5.41) is 7.43. The SMILES string of the molecule is C#Cc1cccc(Nc2ncc3cc(OC4CCNCC4)c(OC)cc3n2)c1. The summed E-state index contributed by atoms with van der Waals surface area (Å²) < 4.78 is 11.7. The molecule has 0 spiro atoms. The topological polar surface area (TPSA) is 68.3 Å². The zero-order valence-electron chi connectivity index (χ0n) is 15.7. The first-order chi connectivity index (χ1) is 13.7. The molecule has 28 heavy (non-hydrogen) atoms. The number of benzene rings is 2. The van der Waals surface area contributed by atoms with Gasteiger partial charge in [0.05, 0.1) is 12.6 Å². The van der Waals surface area contributed by atoms with Gasteiger partial charge in [0.1, 0.15) is 6.10 Å². The molecule has 1 saturated heterocycles. The van der Waals surface area contributed by atoms with E-state index in [1.807, 2.05) is 36.4 Å². The molecule has 0 radical (unpaired) electrons. The maximum atomic E-state index is 6.18. The van der Waals surface area contributed by atoms with Crippen LogP contribution in [0, 0.1) is 12.3 Å². The van der Waals surface area contributed by atoms with Gasteiger partial charge in [-0.15, -0.1) is 6.42 Å². The zero-order valence-corrected chi connectivity index (χ0v) is 15.7. The third-order valence-corrected chi connectivity index (χ3v) is 4.73. The van der Waals surface area contributed by atoms with E-state index in [9.17, 15) is 0 Å². The van der Waals surface area contributed by atoms with Crippen molar-refractivity contribution >= 4 is 22.5 Å². The quantitative estimate of drug-likeness (QED) is 0.667. The van der Waals surface area contributed by atoms with Gasteiger partial charge in [-0.2, -0.15) is 0 Å². The molecule has 3 aromatic rings. The summed E-state index contributed by atoms with van der Waals surface area (Å²) in [5.74, 6) is 4.52. The van der Waals surface area contributed by atoms with Crippen LogP contribution in [-0.2, 0) is 0 Å². The lowest BCUT2D eigenvalue weighted by Gasteiger charge is -2.24. The Balaban J connectivity index is 1.60. The van der Waals surface area contributed by atoms with Crippen molar-refractivity contribution in [2.24, 2.45) is 0 Å². The summed E-state index contributed by atoms with van der Waals surface area (Å²) in [6, 6.07) is 11.4. The molecule has 0 atom stereocenters. The van der Waals surface area contributed by atoms with Crippen molar-refractivity contribution in [2.45, 2.75) is 18.9 Å². The molecule has 4 rings (SSSR count). The molecule has 0 amide bonds. The van der Waals surface area contributed by atoms with Crippen LogP contribution in [0.3, 0.4) is 0 Å². The highest BCUT2D eigenvalue weighted by Gasteiger charge is 2.17. The van der Waals surface area contributed by atoms with Crippen molar-refractivity contribution in [2.75, 3.05) is 25.5 Å². The minimum absolute atomic E-state index is 0.192. The predicted octanol–water partition coefficient (Wildman–Crippen LogP) is 3.49. The third-order valence-electron chi connectivity index (χ3n) is 4.73. The monoisotopic (exact) mass is 374 g/mol. The molecule has 142 valence electrons. The van der Waals surface area contributed by atoms with Crippen molar-refractivity contribution < 1.29 is 9.47 Å². The van der Waals surface area contributed by atoms with E-state index in [2.05, 4.69) is 26.5 Å². The molecule has 1 aromatic heterocycles. The number of ether oxygens (including phenoxy) is 2. The van der Waals surface area contributed by atoms with E-state index in [0.29, 0.717) is 11.7 Å². The van der Waals surface area contributed by atoms with Gasteiger partial charge >= 0.3 is 0 Å². The number of hydrogen-bond acceptors (Lipinski definition) is 6. The molecule has 0 saturated carbocycles. The lowest BCUT2D eigenvalue weighted by molar-refractivity contribution is 0.157. The van der Waals surface area contributed by atoms with Crippen LogP contribution < -0.4 is 20.1 Å². The van der Waals surface area contributed by atoms with Crippen LogP contribution in [0.15, 0.2) is 42.6 Å². The van der Waals surface area contributed by atoms with Crippen molar-refractivity contribution in [1.29, 1.82) is 0 Å². The van der Waals surface area contributed by atoms with Gasteiger partial charge in [-0.05, 0) is 50.2 Å². The van der Waals surface area contributed by atoms with Gasteiger partial charge in [-0.25, -0.2) is 9.97 Å². The van der Waals surface area contributed by atoms with E-state index in [1.54, 1.807) is 13.3 Å². The first-order valence-electron chi connectivity index (χ1n) is 9.31. The molecular weight excluding hydrogens is 352 g/mol. The fraction of sp³-hybridized carbons (Fsp3) is 0.273. The van der Waals surface area contributed by atoms with E-state index in [-0.39, 0.29) is 6.10 Å². The zero-order chi connectivity index (χ0) is 19.3. The number of nitrogens with zero attached hydrogens (tertiary/aromatic N) is 2. The Kier molecular flexibility index (Phi) is 5.27. The van der Waals surface area contributed by atoms with E-state index < -0.39 is 0 Å². The highest BCUT2D eigenvalue weighted by molar-refractivity contribution is 5.83. The lowest BCUT2D eigenvalue weighted by Crippen LogP contribution is -2.34. The number of rotatable bonds is 5. The van der Waals surface area contributed by atoms with E-state index in [0.717, 1.165) is 53.8 Å². The fourth-order valence-corrected chi connectivity index (χ4v) is 3.26. The standard InChI is InChI=1S/C22H22N4O2/c1-3-15-5-4-6-17(11-15)25-22-24-14-16-12-21(20(27-2)13-19(16)26-22)28-18-7-9-23-10-8-18/h1,4-6,11-14,18,23H,7-10H2,2H3,(H,24,25,26). The number of aromatic nitrogens is 2. The van der Waals surface area contributed by atoms with Gasteiger partial charge in [0, 0.05) is 28.9 Å². The lowest BCUT2D eigenvalue weighted by atomic mass is 10.1. The van der Waals surface area contributed by atoms with Crippen molar-refractivity contribution in [3.8, 4) is 23.8 Å². The van der Waals surface area contributed by atoms with Crippen molar-refractivity contribution in [3.05, 3.63) is 48.2 Å². The molecule has 0 unspecified atom stereocenters. The molecule has 0 bridgehead atoms. The van der Waals surface area contributed by atoms with E-state index >= 15 is 0 Å². The summed E-state index contributed by atoms with van der Waals surface area (Å²) >= 11 is 0. The molecule has 1 aliphatic heterocycles. The molecule has 2 heterocycles. The van der Waals surface area contributed by atoms with Crippen LogP contribution in [0.2, 0.25) is 0 Å². The summed E-state index contributed by atoms with van der Waals surface area (Å²) in [7, 11) is 1.64. The molecule has 1 fully saturated rings. The smallest absolute Gasteiger partial charge is 0.227 e. The second-order valence-corrected chi connectivity index (χ2v) is 6.67. The number of nitrogens with one attached hydrogen (secondary N) is 2. The average Bonchev–Trinajstić information content (AvgIpc) is 2.74. The maximum Gasteiger partial charge on any atom is 0.227 e. The first kappa shape index (κ1) is 18.1. The highest BCUT2D eigenvalue weighted by Crippen LogP contribution is 2.33. The number of anilines is 2. The summed E-state index contributed by atoms with van der Waals surface area (Å²) in [4.78, 5) is 9.02. The number of piperidine rings is 1. The summed E-state index contributed by atoms with van der Waals surface area (Å²) in [6.45, 7) is 1.94. The highest BCUT2D eigenvalue weighted by atomic mass is 16.5. The van der Waals surface area contributed by atoms with Gasteiger partial charge in [-0.1, -0.05) is 12.0 Å². The number of fused-ring (bicyclic) bond motifs is 1. The minimum Gasteiger partial charge on any atom is -0.493 e. The third kappa shape index (κ3) is 4.00. The van der Waals surface area contributed by atoms with Gasteiger partial charge in [-0.3, -0.25) is 0 Å². The Morgan fingerprint density at radius 3 is 2.82 bits per heavy atom. The van der Waals surface area contributed by atoms with Crippen LogP contribution in [-0.4, -0.2) is 36.3 Å². The molecule has 2 aromatic carbocycles. The fourth-order valence-electron chi connectivity index (χ4n) is 3.26.